The second-order valence-corrected chi connectivity index (χ2v) is 7.96. The van der Waals surface area contributed by atoms with Gasteiger partial charge in [-0.1, -0.05) is 6.92 Å². The van der Waals surface area contributed by atoms with Gasteiger partial charge in [0.05, 0.1) is 17.0 Å². The molecule has 1 aliphatic rings. The Balaban J connectivity index is 0.00000160. The van der Waals surface area contributed by atoms with Crippen LogP contribution in [0.5, 0.6) is 5.75 Å². The summed E-state index contributed by atoms with van der Waals surface area (Å²) in [7, 11) is 0. The molecule has 8 heteroatoms. The number of piperazine rings is 1. The minimum atomic E-state index is 0. The Morgan fingerprint density at radius 1 is 1.07 bits per heavy atom. The molecule has 164 valence electrons. The third-order valence-electron chi connectivity index (χ3n) is 5.26. The second kappa shape index (κ2) is 11.7. The average Bonchev–Trinajstić information content (AvgIpc) is 3.23. The Hall–Kier alpha value is -1.57. The van der Waals surface area contributed by atoms with Gasteiger partial charge in [-0.15, -0.1) is 36.2 Å². The van der Waals surface area contributed by atoms with Crippen molar-refractivity contribution in [3.63, 3.8) is 0 Å². The van der Waals surface area contributed by atoms with E-state index >= 15 is 0 Å². The van der Waals surface area contributed by atoms with Crippen LogP contribution in [0.4, 0.5) is 5.82 Å². The van der Waals surface area contributed by atoms with Crippen molar-refractivity contribution in [1.82, 2.24) is 9.88 Å². The van der Waals surface area contributed by atoms with Crippen molar-refractivity contribution < 1.29 is 9.84 Å². The number of nitrogens with zero attached hydrogens (tertiary/aromatic N) is 3. The summed E-state index contributed by atoms with van der Waals surface area (Å²) in [5.74, 6) is 1.94. The average molecular weight is 470 g/mol. The van der Waals surface area contributed by atoms with Gasteiger partial charge in [-0.3, -0.25) is 0 Å². The van der Waals surface area contributed by atoms with E-state index in [0.29, 0.717) is 13.0 Å². The SMILES string of the molecule is CCN1CCN(c2nc(-c3ccc(OCCCO)cc3)cc3ccsc23)CC1.Cl.Cl. The van der Waals surface area contributed by atoms with Gasteiger partial charge in [0.1, 0.15) is 11.6 Å². The smallest absolute Gasteiger partial charge is 0.147 e. The summed E-state index contributed by atoms with van der Waals surface area (Å²) in [5, 5.41) is 12.3. The Kier molecular flexibility index (Phi) is 9.65. The van der Waals surface area contributed by atoms with Crippen LogP contribution < -0.4 is 9.64 Å². The number of fused-ring (bicyclic) bond motifs is 1. The summed E-state index contributed by atoms with van der Waals surface area (Å²) >= 11 is 1.77. The van der Waals surface area contributed by atoms with Crippen molar-refractivity contribution in [2.45, 2.75) is 13.3 Å². The normalized spacial score (nSPS) is 14.3. The summed E-state index contributed by atoms with van der Waals surface area (Å²) < 4.78 is 6.92. The topological polar surface area (TPSA) is 48.8 Å². The van der Waals surface area contributed by atoms with E-state index in [1.807, 2.05) is 12.1 Å². The van der Waals surface area contributed by atoms with Gasteiger partial charge in [0.2, 0.25) is 0 Å². The minimum absolute atomic E-state index is 0. The number of hydrogen-bond donors (Lipinski definition) is 1. The van der Waals surface area contributed by atoms with Crippen molar-refractivity contribution in [2.24, 2.45) is 0 Å². The molecule has 1 fully saturated rings. The molecule has 0 bridgehead atoms. The van der Waals surface area contributed by atoms with Crippen LogP contribution in [0.1, 0.15) is 13.3 Å². The Morgan fingerprint density at radius 2 is 1.80 bits per heavy atom. The Morgan fingerprint density at radius 3 is 2.47 bits per heavy atom. The fourth-order valence-electron chi connectivity index (χ4n) is 3.57. The summed E-state index contributed by atoms with van der Waals surface area (Å²) in [6, 6.07) is 12.4. The predicted octanol–water partition coefficient (Wildman–Crippen LogP) is 4.71. The molecule has 5 nitrogen and oxygen atoms in total. The van der Waals surface area contributed by atoms with Crippen LogP contribution in [-0.4, -0.2) is 60.9 Å². The highest BCUT2D eigenvalue weighted by Gasteiger charge is 2.20. The fourth-order valence-corrected chi connectivity index (χ4v) is 4.47. The number of halogens is 2. The Labute approximate surface area is 194 Å². The van der Waals surface area contributed by atoms with E-state index in [1.165, 1.54) is 10.1 Å². The number of rotatable bonds is 7. The predicted molar refractivity (Wildman–Crippen MR) is 131 cm³/mol. The van der Waals surface area contributed by atoms with Gasteiger partial charge in [-0.25, -0.2) is 4.98 Å². The van der Waals surface area contributed by atoms with Crippen LogP contribution in [0, 0.1) is 0 Å². The number of pyridine rings is 1. The first-order valence-corrected chi connectivity index (χ1v) is 10.9. The van der Waals surface area contributed by atoms with Crippen molar-refractivity contribution in [3.8, 4) is 17.0 Å². The van der Waals surface area contributed by atoms with Crippen LogP contribution in [-0.2, 0) is 0 Å². The quantitative estimate of drug-likeness (QED) is 0.507. The van der Waals surface area contributed by atoms with E-state index in [9.17, 15) is 0 Å². The van der Waals surface area contributed by atoms with Crippen molar-refractivity contribution >= 4 is 52.1 Å². The molecule has 1 aromatic carbocycles. The maximum absolute atomic E-state index is 8.87. The zero-order chi connectivity index (χ0) is 19.3. The van der Waals surface area contributed by atoms with Gasteiger partial charge in [-0.2, -0.15) is 0 Å². The van der Waals surface area contributed by atoms with Gasteiger partial charge < -0.3 is 19.6 Å². The standard InChI is InChI=1S/C22H27N3O2S.2ClH/c1-2-24-9-11-25(12-10-24)22-21-18(8-15-28-21)16-20(23-22)17-4-6-19(7-5-17)27-14-3-13-26;;/h4-8,15-16,26H,2-3,9-14H2,1H3;2*1H. The van der Waals surface area contributed by atoms with E-state index in [1.54, 1.807) is 11.3 Å². The van der Waals surface area contributed by atoms with Crippen LogP contribution in [0.2, 0.25) is 0 Å². The molecular formula is C22H29Cl2N3O2S. The lowest BCUT2D eigenvalue weighted by molar-refractivity contribution is 0.233. The van der Waals surface area contributed by atoms with Gasteiger partial charge in [0.15, 0.2) is 0 Å². The number of anilines is 1. The number of thiophene rings is 1. The molecular weight excluding hydrogens is 441 g/mol. The number of ether oxygens (including phenoxy) is 1. The van der Waals surface area contributed by atoms with Crippen LogP contribution in [0.3, 0.4) is 0 Å². The molecule has 0 atom stereocenters. The van der Waals surface area contributed by atoms with Gasteiger partial charge in [0.25, 0.3) is 0 Å². The van der Waals surface area contributed by atoms with E-state index < -0.39 is 0 Å². The number of aromatic nitrogens is 1. The zero-order valence-electron chi connectivity index (χ0n) is 17.1. The number of hydrogen-bond acceptors (Lipinski definition) is 6. The molecule has 0 radical (unpaired) electrons. The maximum atomic E-state index is 8.87. The molecule has 0 unspecified atom stereocenters. The van der Waals surface area contributed by atoms with E-state index in [4.69, 9.17) is 14.8 Å². The maximum Gasteiger partial charge on any atom is 0.147 e. The Bertz CT molecular complexity index is 912. The molecule has 0 aliphatic carbocycles. The summed E-state index contributed by atoms with van der Waals surface area (Å²) in [4.78, 5) is 9.99. The highest BCUT2D eigenvalue weighted by Crippen LogP contribution is 2.34. The molecule has 1 saturated heterocycles. The van der Waals surface area contributed by atoms with Crippen molar-refractivity contribution in [1.29, 1.82) is 0 Å². The number of likely N-dealkylation sites (N-methyl/N-ethyl adjacent to an activating group) is 1. The van der Waals surface area contributed by atoms with Gasteiger partial charge >= 0.3 is 0 Å². The highest BCUT2D eigenvalue weighted by atomic mass is 35.5. The van der Waals surface area contributed by atoms with Crippen molar-refractivity contribution in [2.75, 3.05) is 50.8 Å². The largest absolute Gasteiger partial charge is 0.494 e. The lowest BCUT2D eigenvalue weighted by atomic mass is 10.1. The molecule has 1 aliphatic heterocycles. The molecule has 3 aromatic rings. The van der Waals surface area contributed by atoms with Crippen LogP contribution >= 0.6 is 36.2 Å². The highest BCUT2D eigenvalue weighted by molar-refractivity contribution is 7.17. The monoisotopic (exact) mass is 469 g/mol. The number of benzene rings is 1. The molecule has 4 rings (SSSR count). The van der Waals surface area contributed by atoms with Crippen molar-refractivity contribution in [3.05, 3.63) is 41.8 Å². The number of aliphatic hydroxyl groups excluding tert-OH is 1. The first-order chi connectivity index (χ1) is 13.8. The van der Waals surface area contributed by atoms with E-state index in [2.05, 4.69) is 46.4 Å². The molecule has 0 saturated carbocycles. The van der Waals surface area contributed by atoms with E-state index in [-0.39, 0.29) is 31.4 Å². The third-order valence-corrected chi connectivity index (χ3v) is 6.18. The molecule has 30 heavy (non-hydrogen) atoms. The molecule has 3 heterocycles. The molecule has 0 amide bonds. The summed E-state index contributed by atoms with van der Waals surface area (Å²) in [6.07, 6.45) is 0.646. The van der Waals surface area contributed by atoms with Gasteiger partial charge in [0, 0.05) is 44.8 Å². The van der Waals surface area contributed by atoms with Crippen LogP contribution in [0.15, 0.2) is 41.8 Å². The molecule has 0 spiro atoms. The first kappa shape index (κ1) is 24.7. The third kappa shape index (κ3) is 5.56. The molecule has 1 N–H and O–H groups in total. The zero-order valence-corrected chi connectivity index (χ0v) is 19.6. The van der Waals surface area contributed by atoms with E-state index in [0.717, 1.165) is 55.5 Å². The summed E-state index contributed by atoms with van der Waals surface area (Å²) in [5.41, 5.74) is 2.09. The molecule has 2 aromatic heterocycles. The summed E-state index contributed by atoms with van der Waals surface area (Å²) in [6.45, 7) is 8.25. The lowest BCUT2D eigenvalue weighted by Gasteiger charge is -2.35. The van der Waals surface area contributed by atoms with Crippen LogP contribution in [0.25, 0.3) is 21.3 Å². The number of aliphatic hydroxyl groups is 1. The van der Waals surface area contributed by atoms with Gasteiger partial charge in [-0.05, 0) is 53.7 Å². The first-order valence-electron chi connectivity index (χ1n) is 9.98. The fraction of sp³-hybridized carbons (Fsp3) is 0.409. The second-order valence-electron chi connectivity index (χ2n) is 7.04. The lowest BCUT2D eigenvalue weighted by Crippen LogP contribution is -2.46. The minimum Gasteiger partial charge on any atom is -0.494 e.